The van der Waals surface area contributed by atoms with Crippen molar-refractivity contribution in [1.82, 2.24) is 9.80 Å². The Balaban J connectivity index is 1.35. The molecule has 0 spiro atoms. The highest BCUT2D eigenvalue weighted by molar-refractivity contribution is 7.07. The summed E-state index contributed by atoms with van der Waals surface area (Å²) >= 11 is 1.76. The first kappa shape index (κ1) is 19.4. The van der Waals surface area contributed by atoms with Gasteiger partial charge in [0.15, 0.2) is 0 Å². The van der Waals surface area contributed by atoms with Gasteiger partial charge in [0.2, 0.25) is 0 Å². The van der Waals surface area contributed by atoms with E-state index in [1.165, 1.54) is 18.4 Å². The van der Waals surface area contributed by atoms with Crippen LogP contribution in [0.1, 0.15) is 28.8 Å². The fraction of sp³-hybridized carbons (Fsp3) is 0.500. The number of likely N-dealkylation sites (tertiary alicyclic amines) is 1. The molecule has 2 fully saturated rings. The van der Waals surface area contributed by atoms with Crippen LogP contribution < -0.4 is 4.74 Å². The molecule has 1 aromatic heterocycles. The SMILES string of the molecule is O=C(c1ccccc1OCC1CCCN(Cc2ccsc2)C1)N1CCOCC1. The molecule has 0 bridgehead atoms. The van der Waals surface area contributed by atoms with E-state index in [1.54, 1.807) is 11.3 Å². The van der Waals surface area contributed by atoms with Crippen molar-refractivity contribution in [2.45, 2.75) is 19.4 Å². The van der Waals surface area contributed by atoms with Gasteiger partial charge in [-0.25, -0.2) is 0 Å². The number of piperidine rings is 1. The maximum absolute atomic E-state index is 12.9. The molecule has 150 valence electrons. The fourth-order valence-corrected chi connectivity index (χ4v) is 4.65. The number of ether oxygens (including phenoxy) is 2. The normalized spacial score (nSPS) is 20.9. The molecular formula is C22H28N2O3S. The lowest BCUT2D eigenvalue weighted by Crippen LogP contribution is -2.41. The van der Waals surface area contributed by atoms with E-state index in [9.17, 15) is 4.79 Å². The van der Waals surface area contributed by atoms with Gasteiger partial charge in [-0.05, 0) is 53.9 Å². The van der Waals surface area contributed by atoms with Crippen molar-refractivity contribution < 1.29 is 14.3 Å². The van der Waals surface area contributed by atoms with Gasteiger partial charge in [0.25, 0.3) is 5.91 Å². The molecule has 4 rings (SSSR count). The molecule has 2 saturated heterocycles. The Hall–Kier alpha value is -1.89. The number of carbonyl (C=O) groups is 1. The van der Waals surface area contributed by atoms with Crippen molar-refractivity contribution in [3.63, 3.8) is 0 Å². The number of amides is 1. The number of morpholine rings is 1. The molecule has 0 aliphatic carbocycles. The van der Waals surface area contributed by atoms with E-state index < -0.39 is 0 Å². The van der Waals surface area contributed by atoms with Crippen LogP contribution in [-0.4, -0.2) is 61.7 Å². The topological polar surface area (TPSA) is 42.0 Å². The molecule has 1 aromatic carbocycles. The Kier molecular flexibility index (Phi) is 6.62. The monoisotopic (exact) mass is 400 g/mol. The molecule has 0 N–H and O–H groups in total. The quantitative estimate of drug-likeness (QED) is 0.744. The van der Waals surface area contributed by atoms with Gasteiger partial charge in [0.05, 0.1) is 25.4 Å². The van der Waals surface area contributed by atoms with Crippen LogP contribution in [0.4, 0.5) is 0 Å². The number of hydrogen-bond donors (Lipinski definition) is 0. The Morgan fingerprint density at radius 3 is 2.86 bits per heavy atom. The van der Waals surface area contributed by atoms with Gasteiger partial charge >= 0.3 is 0 Å². The van der Waals surface area contributed by atoms with Gasteiger partial charge in [-0.2, -0.15) is 11.3 Å². The number of para-hydroxylation sites is 1. The second kappa shape index (κ2) is 9.54. The smallest absolute Gasteiger partial charge is 0.257 e. The Morgan fingerprint density at radius 1 is 1.18 bits per heavy atom. The summed E-state index contributed by atoms with van der Waals surface area (Å²) in [5.41, 5.74) is 2.06. The van der Waals surface area contributed by atoms with Gasteiger partial charge in [-0.1, -0.05) is 12.1 Å². The lowest BCUT2D eigenvalue weighted by atomic mass is 9.98. The minimum absolute atomic E-state index is 0.0432. The van der Waals surface area contributed by atoms with Crippen molar-refractivity contribution in [3.05, 3.63) is 52.2 Å². The molecule has 2 aromatic rings. The molecule has 1 atom stereocenters. The summed E-state index contributed by atoms with van der Waals surface area (Å²) in [5, 5.41) is 4.37. The fourth-order valence-electron chi connectivity index (χ4n) is 3.99. The second-order valence-electron chi connectivity index (χ2n) is 7.59. The van der Waals surface area contributed by atoms with Crippen molar-refractivity contribution in [3.8, 4) is 5.75 Å². The van der Waals surface area contributed by atoms with Crippen LogP contribution in [0.2, 0.25) is 0 Å². The summed E-state index contributed by atoms with van der Waals surface area (Å²) in [7, 11) is 0. The maximum atomic E-state index is 12.9. The average Bonchev–Trinajstić information content (AvgIpc) is 3.26. The van der Waals surface area contributed by atoms with E-state index in [0.29, 0.717) is 50.1 Å². The third-order valence-corrected chi connectivity index (χ3v) is 6.21. The lowest BCUT2D eigenvalue weighted by Gasteiger charge is -2.32. The first-order valence-corrected chi connectivity index (χ1v) is 11.1. The zero-order valence-corrected chi connectivity index (χ0v) is 17.0. The van der Waals surface area contributed by atoms with Crippen molar-refractivity contribution >= 4 is 17.2 Å². The molecule has 1 unspecified atom stereocenters. The predicted octanol–water partition coefficient (Wildman–Crippen LogP) is 3.51. The van der Waals surface area contributed by atoms with E-state index >= 15 is 0 Å². The standard InChI is InChI=1S/C22H28N2O3S/c25-22(24-9-11-26-12-10-24)20-5-1-2-6-21(20)27-16-18-4-3-8-23(14-18)15-19-7-13-28-17-19/h1-2,5-7,13,17-18H,3-4,8-12,14-16H2. The molecule has 3 heterocycles. The Bertz CT molecular complexity index is 759. The number of hydrogen-bond acceptors (Lipinski definition) is 5. The summed E-state index contributed by atoms with van der Waals surface area (Å²) in [6.07, 6.45) is 2.38. The minimum atomic E-state index is 0.0432. The molecule has 2 aliphatic rings. The largest absolute Gasteiger partial charge is 0.492 e. The van der Waals surface area contributed by atoms with Gasteiger partial charge < -0.3 is 14.4 Å². The molecule has 1 amide bonds. The van der Waals surface area contributed by atoms with Gasteiger partial charge in [0.1, 0.15) is 5.75 Å². The summed E-state index contributed by atoms with van der Waals surface area (Å²) in [6.45, 7) is 6.39. The highest BCUT2D eigenvalue weighted by Gasteiger charge is 2.24. The van der Waals surface area contributed by atoms with Crippen LogP contribution in [0.25, 0.3) is 0 Å². The van der Waals surface area contributed by atoms with E-state index in [2.05, 4.69) is 21.7 Å². The molecule has 0 radical (unpaired) electrons. The summed E-state index contributed by atoms with van der Waals surface area (Å²) in [5.74, 6) is 1.24. The van der Waals surface area contributed by atoms with E-state index in [-0.39, 0.29) is 5.91 Å². The van der Waals surface area contributed by atoms with Crippen LogP contribution in [0.3, 0.4) is 0 Å². The number of benzene rings is 1. The average molecular weight is 401 g/mol. The van der Waals surface area contributed by atoms with E-state index in [0.717, 1.165) is 19.6 Å². The zero-order chi connectivity index (χ0) is 19.2. The summed E-state index contributed by atoms with van der Waals surface area (Å²) in [4.78, 5) is 17.3. The maximum Gasteiger partial charge on any atom is 0.257 e. The van der Waals surface area contributed by atoms with Gasteiger partial charge in [-0.15, -0.1) is 0 Å². The second-order valence-corrected chi connectivity index (χ2v) is 8.37. The highest BCUT2D eigenvalue weighted by atomic mass is 32.1. The molecule has 0 saturated carbocycles. The highest BCUT2D eigenvalue weighted by Crippen LogP contribution is 2.24. The third kappa shape index (κ3) is 4.93. The van der Waals surface area contributed by atoms with Crippen molar-refractivity contribution in [1.29, 1.82) is 0 Å². The lowest BCUT2D eigenvalue weighted by molar-refractivity contribution is 0.0299. The molecule has 6 heteroatoms. The molecule has 2 aliphatic heterocycles. The van der Waals surface area contributed by atoms with Crippen LogP contribution in [-0.2, 0) is 11.3 Å². The Labute approximate surface area is 170 Å². The van der Waals surface area contributed by atoms with Crippen LogP contribution in [0, 0.1) is 5.92 Å². The summed E-state index contributed by atoms with van der Waals surface area (Å²) in [6, 6.07) is 9.84. The van der Waals surface area contributed by atoms with E-state index in [4.69, 9.17) is 9.47 Å². The number of rotatable bonds is 6. The van der Waals surface area contributed by atoms with Crippen LogP contribution in [0.5, 0.6) is 5.75 Å². The van der Waals surface area contributed by atoms with E-state index in [1.807, 2.05) is 29.2 Å². The minimum Gasteiger partial charge on any atom is -0.492 e. The van der Waals surface area contributed by atoms with Crippen LogP contribution in [0.15, 0.2) is 41.1 Å². The summed E-state index contributed by atoms with van der Waals surface area (Å²) < 4.78 is 11.5. The number of nitrogens with zero attached hydrogens (tertiary/aromatic N) is 2. The Morgan fingerprint density at radius 2 is 2.04 bits per heavy atom. The van der Waals surface area contributed by atoms with Gasteiger partial charge in [0, 0.05) is 32.1 Å². The number of carbonyl (C=O) groups excluding carboxylic acids is 1. The first-order chi connectivity index (χ1) is 13.8. The molecular weight excluding hydrogens is 372 g/mol. The van der Waals surface area contributed by atoms with Crippen molar-refractivity contribution in [2.75, 3.05) is 46.0 Å². The predicted molar refractivity (Wildman–Crippen MR) is 111 cm³/mol. The third-order valence-electron chi connectivity index (χ3n) is 5.48. The molecule has 28 heavy (non-hydrogen) atoms. The zero-order valence-electron chi connectivity index (χ0n) is 16.2. The first-order valence-electron chi connectivity index (χ1n) is 10.1. The molecule has 5 nitrogen and oxygen atoms in total. The van der Waals surface area contributed by atoms with Gasteiger partial charge in [-0.3, -0.25) is 9.69 Å². The van der Waals surface area contributed by atoms with Crippen LogP contribution >= 0.6 is 11.3 Å². The number of thiophene rings is 1. The van der Waals surface area contributed by atoms with Crippen molar-refractivity contribution in [2.24, 2.45) is 5.92 Å².